The van der Waals surface area contributed by atoms with Crippen LogP contribution in [-0.4, -0.2) is 33.8 Å². The quantitative estimate of drug-likeness (QED) is 0.392. The van der Waals surface area contributed by atoms with Gasteiger partial charge in [0.25, 0.3) is 0 Å². The van der Waals surface area contributed by atoms with E-state index in [0.717, 1.165) is 0 Å². The van der Waals surface area contributed by atoms with Crippen LogP contribution in [0.5, 0.6) is 0 Å². The average Bonchev–Trinajstić information content (AvgIpc) is 1.83. The van der Waals surface area contributed by atoms with Crippen molar-refractivity contribution in [3.05, 3.63) is 0 Å². The van der Waals surface area contributed by atoms with Gasteiger partial charge in [0, 0.05) is 14.2 Å². The summed E-state index contributed by atoms with van der Waals surface area (Å²) < 4.78 is 9.57. The highest BCUT2D eigenvalue weighted by molar-refractivity contribution is 5.23. The summed E-state index contributed by atoms with van der Waals surface area (Å²) in [6, 6.07) is 0. The Hall–Kier alpha value is -0.410. The minimum Gasteiger partial charge on any atom is -0.354 e. The van der Waals surface area contributed by atoms with Gasteiger partial charge in [-0.25, -0.2) is 0 Å². The summed E-state index contributed by atoms with van der Waals surface area (Å²) in [5.74, 6) is 0. The minimum absolute atomic E-state index is 0.229. The van der Waals surface area contributed by atoms with Gasteiger partial charge in [0.1, 0.15) is 0 Å². The van der Waals surface area contributed by atoms with Crippen molar-refractivity contribution in [2.45, 2.75) is 6.29 Å². The zero-order chi connectivity index (χ0) is 6.41. The lowest BCUT2D eigenvalue weighted by Gasteiger charge is -2.08. The molecule has 3 nitrogen and oxygen atoms in total. The van der Waals surface area contributed by atoms with E-state index >= 15 is 0 Å². The van der Waals surface area contributed by atoms with Crippen LogP contribution in [0.2, 0.25) is 0 Å². The summed E-state index contributed by atoms with van der Waals surface area (Å²) in [4.78, 5) is 3.58. The highest BCUT2D eigenvalue weighted by Crippen LogP contribution is 1.88. The third-order valence-corrected chi connectivity index (χ3v) is 0.804. The molecule has 0 aromatic heterocycles. The standard InChI is InChI=1S/C5H11NO2/c1-6-4-5(7-2)8-3/h5H,1,4H2,2-3H3. The number of ether oxygens (including phenoxy) is 2. The molecule has 0 saturated heterocycles. The molecule has 0 saturated carbocycles. The SMILES string of the molecule is C=NCC(OC)OC. The molecule has 0 fully saturated rings. The molecule has 0 aliphatic carbocycles. The summed E-state index contributed by atoms with van der Waals surface area (Å²) >= 11 is 0. The summed E-state index contributed by atoms with van der Waals surface area (Å²) in [7, 11) is 3.14. The molecule has 0 heterocycles. The van der Waals surface area contributed by atoms with E-state index in [-0.39, 0.29) is 6.29 Å². The maximum absolute atomic E-state index is 4.78. The van der Waals surface area contributed by atoms with E-state index in [0.29, 0.717) is 6.54 Å². The van der Waals surface area contributed by atoms with E-state index in [4.69, 9.17) is 9.47 Å². The first-order valence-corrected chi connectivity index (χ1v) is 2.33. The molecule has 0 aromatic carbocycles. The molecule has 0 N–H and O–H groups in total. The van der Waals surface area contributed by atoms with E-state index in [1.165, 1.54) is 0 Å². The number of hydrogen-bond donors (Lipinski definition) is 0. The lowest BCUT2D eigenvalue weighted by Crippen LogP contribution is -2.15. The largest absolute Gasteiger partial charge is 0.354 e. The van der Waals surface area contributed by atoms with Gasteiger partial charge in [-0.3, -0.25) is 4.99 Å². The predicted molar refractivity (Wildman–Crippen MR) is 32.2 cm³/mol. The summed E-state index contributed by atoms with van der Waals surface area (Å²) in [6.45, 7) is 3.78. The fraction of sp³-hybridized carbons (Fsp3) is 0.800. The van der Waals surface area contributed by atoms with Gasteiger partial charge in [0.2, 0.25) is 0 Å². The molecule has 0 unspecified atom stereocenters. The molecule has 0 rings (SSSR count). The van der Waals surface area contributed by atoms with Gasteiger partial charge in [-0.2, -0.15) is 0 Å². The zero-order valence-corrected chi connectivity index (χ0v) is 5.26. The Kier molecular flexibility index (Phi) is 4.50. The second kappa shape index (κ2) is 4.74. The third-order valence-electron chi connectivity index (χ3n) is 0.804. The summed E-state index contributed by atoms with van der Waals surface area (Å²) in [6.07, 6.45) is -0.229. The van der Waals surface area contributed by atoms with Crippen molar-refractivity contribution >= 4 is 6.72 Å². The van der Waals surface area contributed by atoms with E-state index in [2.05, 4.69) is 11.7 Å². The summed E-state index contributed by atoms with van der Waals surface area (Å²) in [5, 5.41) is 0. The van der Waals surface area contributed by atoms with Gasteiger partial charge in [-0.1, -0.05) is 0 Å². The van der Waals surface area contributed by atoms with Crippen molar-refractivity contribution in [2.75, 3.05) is 20.8 Å². The van der Waals surface area contributed by atoms with Crippen molar-refractivity contribution in [3.8, 4) is 0 Å². The van der Waals surface area contributed by atoms with Gasteiger partial charge in [-0.05, 0) is 6.72 Å². The number of rotatable bonds is 4. The Morgan fingerprint density at radius 1 is 1.50 bits per heavy atom. The Labute approximate surface area is 49.3 Å². The zero-order valence-electron chi connectivity index (χ0n) is 5.26. The molecule has 3 heteroatoms. The molecule has 0 aromatic rings. The summed E-state index contributed by atoms with van der Waals surface area (Å²) in [5.41, 5.74) is 0. The van der Waals surface area contributed by atoms with E-state index in [9.17, 15) is 0 Å². The van der Waals surface area contributed by atoms with Crippen LogP contribution in [0.1, 0.15) is 0 Å². The first-order valence-electron chi connectivity index (χ1n) is 2.33. The van der Waals surface area contributed by atoms with Crippen molar-refractivity contribution in [2.24, 2.45) is 4.99 Å². The molecule has 0 aliphatic rings. The topological polar surface area (TPSA) is 30.8 Å². The molecular weight excluding hydrogens is 106 g/mol. The number of hydrogen-bond acceptors (Lipinski definition) is 3. The van der Waals surface area contributed by atoms with Crippen LogP contribution in [0.3, 0.4) is 0 Å². The van der Waals surface area contributed by atoms with Crippen molar-refractivity contribution in [1.82, 2.24) is 0 Å². The van der Waals surface area contributed by atoms with E-state index < -0.39 is 0 Å². The van der Waals surface area contributed by atoms with Crippen LogP contribution in [0, 0.1) is 0 Å². The molecule has 0 radical (unpaired) electrons. The van der Waals surface area contributed by atoms with E-state index in [1.807, 2.05) is 0 Å². The van der Waals surface area contributed by atoms with E-state index in [1.54, 1.807) is 14.2 Å². The molecule has 0 aliphatic heterocycles. The minimum atomic E-state index is -0.229. The number of methoxy groups -OCH3 is 2. The fourth-order valence-corrected chi connectivity index (χ4v) is 0.351. The fourth-order valence-electron chi connectivity index (χ4n) is 0.351. The lowest BCUT2D eigenvalue weighted by atomic mass is 10.6. The highest BCUT2D eigenvalue weighted by Gasteiger charge is 1.99. The second-order valence-electron chi connectivity index (χ2n) is 1.31. The number of aliphatic imine (C=N–C) groups is 1. The number of nitrogens with zero attached hydrogens (tertiary/aromatic N) is 1. The van der Waals surface area contributed by atoms with Crippen LogP contribution >= 0.6 is 0 Å². The molecule has 0 spiro atoms. The van der Waals surface area contributed by atoms with Gasteiger partial charge in [0.05, 0.1) is 6.54 Å². The molecular formula is C5H11NO2. The van der Waals surface area contributed by atoms with Crippen LogP contribution < -0.4 is 0 Å². The molecule has 48 valence electrons. The van der Waals surface area contributed by atoms with Crippen LogP contribution in [-0.2, 0) is 9.47 Å². The molecule has 0 amide bonds. The first kappa shape index (κ1) is 7.59. The van der Waals surface area contributed by atoms with Crippen molar-refractivity contribution in [3.63, 3.8) is 0 Å². The molecule has 8 heavy (non-hydrogen) atoms. The maximum Gasteiger partial charge on any atom is 0.176 e. The smallest absolute Gasteiger partial charge is 0.176 e. The monoisotopic (exact) mass is 117 g/mol. The van der Waals surface area contributed by atoms with Crippen molar-refractivity contribution < 1.29 is 9.47 Å². The van der Waals surface area contributed by atoms with Gasteiger partial charge in [-0.15, -0.1) is 0 Å². The Bertz CT molecular complexity index is 61.4. The average molecular weight is 117 g/mol. The Balaban J connectivity index is 3.20. The van der Waals surface area contributed by atoms with Crippen LogP contribution in [0.15, 0.2) is 4.99 Å². The second-order valence-corrected chi connectivity index (χ2v) is 1.31. The predicted octanol–water partition coefficient (Wildman–Crippen LogP) is 0.306. The highest BCUT2D eigenvalue weighted by atomic mass is 16.7. The van der Waals surface area contributed by atoms with Gasteiger partial charge < -0.3 is 9.47 Å². The normalized spacial score (nSPS) is 9.88. The van der Waals surface area contributed by atoms with Crippen LogP contribution in [0.25, 0.3) is 0 Å². The Morgan fingerprint density at radius 3 is 2.12 bits per heavy atom. The van der Waals surface area contributed by atoms with Crippen LogP contribution in [0.4, 0.5) is 0 Å². The third kappa shape index (κ3) is 2.71. The maximum atomic E-state index is 4.78. The van der Waals surface area contributed by atoms with Gasteiger partial charge in [0.15, 0.2) is 6.29 Å². The van der Waals surface area contributed by atoms with Gasteiger partial charge >= 0.3 is 0 Å². The lowest BCUT2D eigenvalue weighted by molar-refractivity contribution is -0.0935. The first-order chi connectivity index (χ1) is 3.85. The molecule has 0 bridgehead atoms. The molecule has 0 atom stereocenters. The Morgan fingerprint density at radius 2 is 2.00 bits per heavy atom. The van der Waals surface area contributed by atoms with Crippen molar-refractivity contribution in [1.29, 1.82) is 0 Å².